The van der Waals surface area contributed by atoms with Gasteiger partial charge in [-0.25, -0.2) is 4.67 Å². The smallest absolute Gasteiger partial charge is 0.467 e. The maximum atomic E-state index is 14.1. The van der Waals surface area contributed by atoms with Gasteiger partial charge in [-0.2, -0.15) is 31.6 Å². The highest BCUT2D eigenvalue weighted by molar-refractivity contribution is 7.44. The molecule has 0 aromatic heterocycles. The van der Waals surface area contributed by atoms with Crippen LogP contribution in [0.15, 0.2) is 54.6 Å². The Morgan fingerprint density at radius 3 is 1.93 bits per heavy atom. The standard InChI is InChI=1S/C39H40F6N5O8P/c1-22(2)50(23(3)4)59(56-17-5-14-46)58-27-12-15-49(16-13-27)34(51)24-6-11-31-30(18-24)37(55-21-54-31)28-9-7-25(47-35(52)38(40,41)42)19-32(28)57-33-20-26(8-10-29(33)37)48-36(53)39(43,44)45/h6-11,18-20,22-23,27H,5,12-13,15-17,21H2,1-4H3,(H,47,52)(H,48,53). The van der Waals surface area contributed by atoms with E-state index < -0.39 is 38.3 Å². The van der Waals surface area contributed by atoms with Crippen LogP contribution in [-0.4, -0.2) is 84.3 Å². The second-order valence-corrected chi connectivity index (χ2v) is 15.8. The van der Waals surface area contributed by atoms with Crippen LogP contribution in [0.25, 0.3) is 0 Å². The first-order valence-corrected chi connectivity index (χ1v) is 19.6. The molecule has 3 aliphatic rings. The van der Waals surface area contributed by atoms with Crippen molar-refractivity contribution in [2.45, 2.75) is 83.1 Å². The summed E-state index contributed by atoms with van der Waals surface area (Å²) in [4.78, 5) is 39.4. The first kappa shape index (κ1) is 43.6. The number of likely N-dealkylation sites (tertiary alicyclic amines) is 1. The summed E-state index contributed by atoms with van der Waals surface area (Å²) >= 11 is 0. The summed E-state index contributed by atoms with van der Waals surface area (Å²) in [6, 6.07) is 14.2. The Morgan fingerprint density at radius 1 is 0.864 bits per heavy atom. The molecule has 3 heterocycles. The average molecular weight is 852 g/mol. The number of piperidine rings is 1. The molecular formula is C39H40F6N5O8P. The maximum absolute atomic E-state index is 14.1. The molecule has 13 nitrogen and oxygen atoms in total. The highest BCUT2D eigenvalue weighted by Crippen LogP contribution is 2.57. The zero-order valence-corrected chi connectivity index (χ0v) is 33.1. The highest BCUT2D eigenvalue weighted by Gasteiger charge is 2.50. The van der Waals surface area contributed by atoms with E-state index in [1.165, 1.54) is 24.3 Å². The number of alkyl halides is 6. The highest BCUT2D eigenvalue weighted by atomic mass is 31.2. The molecule has 1 unspecified atom stereocenters. The first-order valence-electron chi connectivity index (χ1n) is 18.5. The molecule has 1 fully saturated rings. The number of amides is 3. The van der Waals surface area contributed by atoms with Gasteiger partial charge in [0.15, 0.2) is 12.4 Å². The second kappa shape index (κ2) is 17.3. The number of hydrogen-bond donors (Lipinski definition) is 2. The number of nitrogens with one attached hydrogen (secondary N) is 2. The van der Waals surface area contributed by atoms with Gasteiger partial charge in [-0.15, -0.1) is 0 Å². The molecule has 3 amide bonds. The second-order valence-electron chi connectivity index (χ2n) is 14.4. The Kier molecular flexibility index (Phi) is 12.8. The minimum absolute atomic E-state index is 0.106. The van der Waals surface area contributed by atoms with E-state index in [-0.39, 0.29) is 94.8 Å². The lowest BCUT2D eigenvalue weighted by Gasteiger charge is -2.43. The van der Waals surface area contributed by atoms with Gasteiger partial charge < -0.3 is 38.8 Å². The Hall–Kier alpha value is -4.99. The number of rotatable bonds is 11. The first-order chi connectivity index (χ1) is 27.8. The molecule has 1 saturated heterocycles. The molecule has 3 aromatic rings. The number of nitrogens with zero attached hydrogens (tertiary/aromatic N) is 3. The summed E-state index contributed by atoms with van der Waals surface area (Å²) in [5, 5.41) is 12.6. The lowest BCUT2D eigenvalue weighted by molar-refractivity contribution is -0.167. The number of anilines is 2. The van der Waals surface area contributed by atoms with E-state index in [2.05, 4.69) is 10.7 Å². The summed E-state index contributed by atoms with van der Waals surface area (Å²) in [6.45, 7) is 8.66. The van der Waals surface area contributed by atoms with Crippen LogP contribution in [0.2, 0.25) is 0 Å². The Labute approximate surface area is 336 Å². The summed E-state index contributed by atoms with van der Waals surface area (Å²) in [7, 11) is -1.49. The summed E-state index contributed by atoms with van der Waals surface area (Å²) < 4.78 is 112. The van der Waals surface area contributed by atoms with Gasteiger partial charge in [-0.1, -0.05) is 0 Å². The van der Waals surface area contributed by atoms with Gasteiger partial charge in [0.05, 0.1) is 25.2 Å². The van der Waals surface area contributed by atoms with E-state index in [0.29, 0.717) is 25.9 Å². The quantitative estimate of drug-likeness (QED) is 0.109. The number of carbonyl (C=O) groups is 3. The van der Waals surface area contributed by atoms with E-state index in [9.17, 15) is 40.7 Å². The minimum Gasteiger partial charge on any atom is -0.467 e. The molecule has 0 bridgehead atoms. The number of nitriles is 1. The van der Waals surface area contributed by atoms with E-state index in [1.807, 2.05) is 27.7 Å². The average Bonchev–Trinajstić information content (AvgIpc) is 3.17. The molecular weight excluding hydrogens is 811 g/mol. The third-order valence-electron chi connectivity index (χ3n) is 9.70. The van der Waals surface area contributed by atoms with E-state index in [1.54, 1.807) is 33.7 Å². The van der Waals surface area contributed by atoms with E-state index in [4.69, 9.17) is 28.5 Å². The van der Waals surface area contributed by atoms with E-state index in [0.717, 1.165) is 12.1 Å². The van der Waals surface area contributed by atoms with Crippen molar-refractivity contribution in [3.8, 4) is 23.3 Å². The minimum atomic E-state index is -5.22. The third-order valence-corrected chi connectivity index (χ3v) is 11.9. The topological polar surface area (TPSA) is 152 Å². The number of fused-ring (bicyclic) bond motifs is 6. The van der Waals surface area contributed by atoms with Crippen LogP contribution < -0.4 is 20.1 Å². The molecule has 1 spiro atoms. The number of hydrogen-bond acceptors (Lipinski definition) is 10. The van der Waals surface area contributed by atoms with Crippen molar-refractivity contribution < 1.29 is 64.0 Å². The number of halogens is 6. The van der Waals surface area contributed by atoms with Crippen molar-refractivity contribution in [1.29, 1.82) is 5.26 Å². The van der Waals surface area contributed by atoms with Gasteiger partial charge in [0.25, 0.3) is 14.4 Å². The van der Waals surface area contributed by atoms with Gasteiger partial charge in [0, 0.05) is 70.9 Å². The fourth-order valence-electron chi connectivity index (χ4n) is 7.16. The normalized spacial score (nSPS) is 16.7. The van der Waals surface area contributed by atoms with Crippen molar-refractivity contribution in [2.75, 3.05) is 37.1 Å². The molecule has 3 aromatic carbocycles. The molecule has 0 saturated carbocycles. The molecule has 0 radical (unpaired) electrons. The maximum Gasteiger partial charge on any atom is 0.471 e. The lowest BCUT2D eigenvalue weighted by atomic mass is 9.76. The Bertz CT molecular complexity index is 2030. The SMILES string of the molecule is CC(C)N(C(C)C)P(OCCC#N)OC1CCN(C(=O)c2ccc3c(c2)C2(OCO3)c3ccc(NC(=O)C(F)(F)F)cc3Oc3cc(NC(=O)C(F)(F)F)ccc32)CC1. The fraction of sp³-hybridized carbons (Fsp3) is 0.436. The molecule has 3 aliphatic heterocycles. The van der Waals surface area contributed by atoms with Crippen LogP contribution in [0.1, 0.15) is 74.0 Å². The fourth-order valence-corrected chi connectivity index (χ4v) is 8.93. The summed E-state index contributed by atoms with van der Waals surface area (Å²) in [6.07, 6.45) is -9.46. The number of benzene rings is 3. The lowest BCUT2D eigenvalue weighted by Crippen LogP contribution is -2.42. The van der Waals surface area contributed by atoms with Crippen molar-refractivity contribution in [3.05, 3.63) is 76.9 Å². The molecule has 0 aliphatic carbocycles. The third kappa shape index (κ3) is 9.27. The summed E-state index contributed by atoms with van der Waals surface area (Å²) in [5.74, 6) is -4.89. The van der Waals surface area contributed by atoms with Crippen molar-refractivity contribution in [1.82, 2.24) is 9.57 Å². The predicted molar refractivity (Wildman–Crippen MR) is 200 cm³/mol. The number of carbonyl (C=O) groups excluding carboxylic acids is 3. The molecule has 1 atom stereocenters. The van der Waals surface area contributed by atoms with Gasteiger partial charge in [-0.05, 0) is 83.0 Å². The van der Waals surface area contributed by atoms with Gasteiger partial charge in [0.2, 0.25) is 0 Å². The predicted octanol–water partition coefficient (Wildman–Crippen LogP) is 8.35. The molecule has 6 rings (SSSR count). The largest absolute Gasteiger partial charge is 0.471 e. The number of ether oxygens (including phenoxy) is 3. The van der Waals surface area contributed by atoms with Crippen LogP contribution >= 0.6 is 8.53 Å². The van der Waals surface area contributed by atoms with Crippen LogP contribution in [0.4, 0.5) is 37.7 Å². The molecule has 20 heteroatoms. The van der Waals surface area contributed by atoms with Crippen molar-refractivity contribution >= 4 is 37.6 Å². The Morgan fingerprint density at radius 2 is 1.42 bits per heavy atom. The van der Waals surface area contributed by atoms with Crippen LogP contribution in [0.3, 0.4) is 0 Å². The van der Waals surface area contributed by atoms with Gasteiger partial charge >= 0.3 is 24.2 Å². The van der Waals surface area contributed by atoms with Gasteiger partial charge in [-0.3, -0.25) is 14.4 Å². The Balaban J connectivity index is 1.32. The van der Waals surface area contributed by atoms with Crippen molar-refractivity contribution in [2.24, 2.45) is 0 Å². The van der Waals surface area contributed by atoms with Gasteiger partial charge in [0.1, 0.15) is 17.2 Å². The zero-order valence-electron chi connectivity index (χ0n) is 32.2. The zero-order chi connectivity index (χ0) is 42.9. The monoisotopic (exact) mass is 851 g/mol. The van der Waals surface area contributed by atoms with Crippen molar-refractivity contribution in [3.63, 3.8) is 0 Å². The van der Waals surface area contributed by atoms with Crippen LogP contribution in [0.5, 0.6) is 17.2 Å². The molecule has 316 valence electrons. The summed E-state index contributed by atoms with van der Waals surface area (Å²) in [5.41, 5.74) is -1.45. The van der Waals surface area contributed by atoms with Crippen LogP contribution in [-0.2, 0) is 29.0 Å². The van der Waals surface area contributed by atoms with E-state index >= 15 is 0 Å². The molecule has 59 heavy (non-hydrogen) atoms. The van der Waals surface area contributed by atoms with Crippen LogP contribution in [0, 0.1) is 11.3 Å². The molecule has 2 N–H and O–H groups in total.